The Morgan fingerprint density at radius 1 is 1.50 bits per heavy atom. The second-order valence-corrected chi connectivity index (χ2v) is 4.54. The molecule has 0 aliphatic heterocycles. The largest absolute Gasteiger partial charge is 0.495 e. The maximum atomic E-state index is 10.5. The lowest BCUT2D eigenvalue weighted by molar-refractivity contribution is -0.00129. The number of benzene rings is 1. The third-order valence-electron chi connectivity index (χ3n) is 2.92. The Morgan fingerprint density at radius 3 is 2.56 bits per heavy atom. The van der Waals surface area contributed by atoms with Crippen molar-refractivity contribution in [1.29, 1.82) is 0 Å². The van der Waals surface area contributed by atoms with Gasteiger partial charge in [0.15, 0.2) is 0 Å². The summed E-state index contributed by atoms with van der Waals surface area (Å²) in [5.41, 5.74) is 5.33. The first-order chi connectivity index (χ1) is 7.45. The highest BCUT2D eigenvalue weighted by atomic mass is 35.5. The second-order valence-electron chi connectivity index (χ2n) is 4.13. The van der Waals surface area contributed by atoms with Gasteiger partial charge in [0.05, 0.1) is 12.1 Å². The minimum Gasteiger partial charge on any atom is -0.495 e. The van der Waals surface area contributed by atoms with Crippen LogP contribution in [0.2, 0.25) is 5.02 Å². The van der Waals surface area contributed by atoms with Crippen LogP contribution in [0.5, 0.6) is 5.75 Å². The SMILES string of the molecule is COc1cc(C(O)(CN)C(C)C)ccc1Cl. The molecule has 0 fully saturated rings. The highest BCUT2D eigenvalue weighted by Gasteiger charge is 2.32. The summed E-state index contributed by atoms with van der Waals surface area (Å²) in [6, 6.07) is 5.21. The standard InChI is InChI=1S/C12H18ClNO2/c1-8(2)12(15,7-14)9-4-5-10(13)11(6-9)16-3/h4-6,8,15H,7,14H2,1-3H3. The van der Waals surface area contributed by atoms with Gasteiger partial charge in [-0.05, 0) is 23.6 Å². The van der Waals surface area contributed by atoms with Crippen molar-refractivity contribution >= 4 is 11.6 Å². The summed E-state index contributed by atoms with van der Waals surface area (Å²) in [5, 5.41) is 11.0. The van der Waals surface area contributed by atoms with Crippen molar-refractivity contribution in [2.24, 2.45) is 11.7 Å². The molecule has 0 bridgehead atoms. The van der Waals surface area contributed by atoms with Gasteiger partial charge in [0.25, 0.3) is 0 Å². The normalized spacial score (nSPS) is 14.9. The molecule has 0 aliphatic carbocycles. The van der Waals surface area contributed by atoms with Crippen LogP contribution in [0.3, 0.4) is 0 Å². The van der Waals surface area contributed by atoms with E-state index in [4.69, 9.17) is 22.1 Å². The predicted octanol–water partition coefficient (Wildman–Crippen LogP) is 2.15. The molecule has 1 rings (SSSR count). The topological polar surface area (TPSA) is 55.5 Å². The Kier molecular flexibility index (Phi) is 4.19. The van der Waals surface area contributed by atoms with Crippen LogP contribution in [0, 0.1) is 5.92 Å². The van der Waals surface area contributed by atoms with E-state index in [0.717, 1.165) is 5.56 Å². The molecule has 0 radical (unpaired) electrons. The molecule has 16 heavy (non-hydrogen) atoms. The Labute approximate surface area is 101 Å². The molecule has 0 saturated heterocycles. The first kappa shape index (κ1) is 13.3. The fourth-order valence-electron chi connectivity index (χ4n) is 1.62. The van der Waals surface area contributed by atoms with Crippen molar-refractivity contribution in [2.75, 3.05) is 13.7 Å². The fraction of sp³-hybridized carbons (Fsp3) is 0.500. The zero-order chi connectivity index (χ0) is 12.3. The van der Waals surface area contributed by atoms with Crippen LogP contribution in [-0.2, 0) is 5.60 Å². The monoisotopic (exact) mass is 243 g/mol. The molecule has 1 unspecified atom stereocenters. The van der Waals surface area contributed by atoms with E-state index >= 15 is 0 Å². The molecule has 0 aromatic heterocycles. The lowest BCUT2D eigenvalue weighted by Crippen LogP contribution is -2.39. The third kappa shape index (κ3) is 2.32. The first-order valence-corrected chi connectivity index (χ1v) is 5.60. The van der Waals surface area contributed by atoms with Crippen LogP contribution in [0.4, 0.5) is 0 Å². The summed E-state index contributed by atoms with van der Waals surface area (Å²) in [6.45, 7) is 4.01. The quantitative estimate of drug-likeness (QED) is 0.852. The van der Waals surface area contributed by atoms with Gasteiger partial charge in [-0.2, -0.15) is 0 Å². The number of hydrogen-bond donors (Lipinski definition) is 2. The van der Waals surface area contributed by atoms with Crippen molar-refractivity contribution in [3.63, 3.8) is 0 Å². The lowest BCUT2D eigenvalue weighted by Gasteiger charge is -2.31. The van der Waals surface area contributed by atoms with Gasteiger partial charge in [-0.1, -0.05) is 31.5 Å². The van der Waals surface area contributed by atoms with Gasteiger partial charge in [0.2, 0.25) is 0 Å². The average molecular weight is 244 g/mol. The first-order valence-electron chi connectivity index (χ1n) is 5.22. The van der Waals surface area contributed by atoms with Crippen molar-refractivity contribution in [1.82, 2.24) is 0 Å². The van der Waals surface area contributed by atoms with Crippen molar-refractivity contribution in [3.05, 3.63) is 28.8 Å². The van der Waals surface area contributed by atoms with Crippen LogP contribution in [0.15, 0.2) is 18.2 Å². The summed E-state index contributed by atoms with van der Waals surface area (Å²) in [5.74, 6) is 0.565. The van der Waals surface area contributed by atoms with Crippen LogP contribution >= 0.6 is 11.6 Å². The summed E-state index contributed by atoms with van der Waals surface area (Å²) in [7, 11) is 1.54. The van der Waals surface area contributed by atoms with E-state index in [1.54, 1.807) is 25.3 Å². The Morgan fingerprint density at radius 2 is 2.12 bits per heavy atom. The van der Waals surface area contributed by atoms with Gasteiger partial charge >= 0.3 is 0 Å². The Bertz CT molecular complexity index is 368. The molecule has 0 saturated carbocycles. The minimum atomic E-state index is -1.04. The van der Waals surface area contributed by atoms with Crippen LogP contribution in [0.25, 0.3) is 0 Å². The van der Waals surface area contributed by atoms with E-state index < -0.39 is 5.60 Å². The Hall–Kier alpha value is -0.770. The van der Waals surface area contributed by atoms with Gasteiger partial charge < -0.3 is 15.6 Å². The fourth-order valence-corrected chi connectivity index (χ4v) is 1.81. The zero-order valence-electron chi connectivity index (χ0n) is 9.83. The highest BCUT2D eigenvalue weighted by molar-refractivity contribution is 6.32. The van der Waals surface area contributed by atoms with Crippen LogP contribution in [-0.4, -0.2) is 18.8 Å². The number of ether oxygens (including phenoxy) is 1. The van der Waals surface area contributed by atoms with Crippen molar-refractivity contribution in [2.45, 2.75) is 19.4 Å². The molecular formula is C12H18ClNO2. The summed E-state index contributed by atoms with van der Waals surface area (Å²) < 4.78 is 5.12. The van der Waals surface area contributed by atoms with E-state index in [2.05, 4.69) is 0 Å². The zero-order valence-corrected chi connectivity index (χ0v) is 10.6. The number of halogens is 1. The van der Waals surface area contributed by atoms with E-state index in [9.17, 15) is 5.11 Å². The molecule has 0 aliphatic rings. The lowest BCUT2D eigenvalue weighted by atomic mass is 9.83. The molecule has 90 valence electrons. The van der Waals surface area contributed by atoms with Crippen LogP contribution < -0.4 is 10.5 Å². The summed E-state index contributed by atoms with van der Waals surface area (Å²) in [4.78, 5) is 0. The molecule has 1 aromatic rings. The predicted molar refractivity (Wildman–Crippen MR) is 65.8 cm³/mol. The molecule has 0 spiro atoms. The number of hydrogen-bond acceptors (Lipinski definition) is 3. The number of methoxy groups -OCH3 is 1. The van der Waals surface area contributed by atoms with E-state index in [1.165, 1.54) is 0 Å². The summed E-state index contributed by atoms with van der Waals surface area (Å²) >= 11 is 5.93. The number of aliphatic hydroxyl groups is 1. The van der Waals surface area contributed by atoms with E-state index in [0.29, 0.717) is 10.8 Å². The smallest absolute Gasteiger partial charge is 0.137 e. The third-order valence-corrected chi connectivity index (χ3v) is 3.23. The molecule has 1 atom stereocenters. The molecule has 1 aromatic carbocycles. The van der Waals surface area contributed by atoms with Gasteiger partial charge in [-0.3, -0.25) is 0 Å². The highest BCUT2D eigenvalue weighted by Crippen LogP contribution is 2.33. The molecule has 3 nitrogen and oxygen atoms in total. The molecule has 3 N–H and O–H groups in total. The van der Waals surface area contributed by atoms with Crippen LogP contribution in [0.1, 0.15) is 19.4 Å². The second kappa shape index (κ2) is 5.04. The minimum absolute atomic E-state index is 0.0170. The molecule has 4 heteroatoms. The van der Waals surface area contributed by atoms with E-state index in [-0.39, 0.29) is 12.5 Å². The number of rotatable bonds is 4. The van der Waals surface area contributed by atoms with E-state index in [1.807, 2.05) is 13.8 Å². The van der Waals surface area contributed by atoms with Crippen molar-refractivity contribution < 1.29 is 9.84 Å². The molecule has 0 heterocycles. The van der Waals surface area contributed by atoms with Crippen molar-refractivity contribution in [3.8, 4) is 5.75 Å². The van der Waals surface area contributed by atoms with Gasteiger partial charge in [0, 0.05) is 6.54 Å². The van der Waals surface area contributed by atoms with Gasteiger partial charge in [0.1, 0.15) is 11.4 Å². The number of nitrogens with two attached hydrogens (primary N) is 1. The average Bonchev–Trinajstić information content (AvgIpc) is 2.28. The molecule has 0 amide bonds. The maximum absolute atomic E-state index is 10.5. The summed E-state index contributed by atoms with van der Waals surface area (Å²) in [6.07, 6.45) is 0. The van der Waals surface area contributed by atoms with Gasteiger partial charge in [-0.25, -0.2) is 0 Å². The Balaban J connectivity index is 3.21. The van der Waals surface area contributed by atoms with Gasteiger partial charge in [-0.15, -0.1) is 0 Å². The maximum Gasteiger partial charge on any atom is 0.137 e. The molecular weight excluding hydrogens is 226 g/mol.